The zero-order valence-electron chi connectivity index (χ0n) is 17.6. The molecule has 0 spiro atoms. The third kappa shape index (κ3) is 6.43. The number of rotatable bonds is 6. The van der Waals surface area contributed by atoms with Crippen molar-refractivity contribution in [2.24, 2.45) is 0 Å². The van der Waals surface area contributed by atoms with E-state index in [0.717, 1.165) is 25.7 Å². The van der Waals surface area contributed by atoms with Crippen molar-refractivity contribution in [1.29, 1.82) is 0 Å². The number of sulfonamides is 1. The number of nitrogens with zero attached hydrogens (tertiary/aromatic N) is 1. The van der Waals surface area contributed by atoms with Crippen molar-refractivity contribution in [3.63, 3.8) is 0 Å². The van der Waals surface area contributed by atoms with Gasteiger partial charge in [-0.05, 0) is 51.8 Å². The summed E-state index contributed by atoms with van der Waals surface area (Å²) in [7, 11) is -2.39. The summed E-state index contributed by atoms with van der Waals surface area (Å²) in [5.41, 5.74) is -0.251. The lowest BCUT2D eigenvalue weighted by Gasteiger charge is -2.22. The Morgan fingerprint density at radius 1 is 1.10 bits per heavy atom. The SMILES string of the molecule is COc1ccc(C(=O)NCC(=O)NC(C)(C)C)cc1S(=O)(=O)N1CCCCCC1. The summed E-state index contributed by atoms with van der Waals surface area (Å²) in [6, 6.07) is 4.27. The Bertz CT molecular complexity index is 838. The molecule has 2 amide bonds. The zero-order chi connectivity index (χ0) is 21.7. The smallest absolute Gasteiger partial charge is 0.251 e. The number of nitrogens with one attached hydrogen (secondary N) is 2. The van der Waals surface area contributed by atoms with Crippen LogP contribution in [0, 0.1) is 0 Å². The van der Waals surface area contributed by atoms with Gasteiger partial charge in [-0.15, -0.1) is 0 Å². The number of carbonyl (C=O) groups is 2. The van der Waals surface area contributed by atoms with Crippen LogP contribution in [-0.2, 0) is 14.8 Å². The molecule has 0 aliphatic carbocycles. The van der Waals surface area contributed by atoms with Gasteiger partial charge in [0.1, 0.15) is 10.6 Å². The molecule has 9 heteroatoms. The van der Waals surface area contributed by atoms with Gasteiger partial charge in [0, 0.05) is 24.2 Å². The highest BCUT2D eigenvalue weighted by atomic mass is 32.2. The van der Waals surface area contributed by atoms with Crippen LogP contribution in [0.5, 0.6) is 5.75 Å². The number of hydrogen-bond acceptors (Lipinski definition) is 5. The molecule has 0 radical (unpaired) electrons. The van der Waals surface area contributed by atoms with Gasteiger partial charge in [-0.2, -0.15) is 4.31 Å². The third-order valence-electron chi connectivity index (χ3n) is 4.53. The molecule has 1 aliphatic heterocycles. The molecule has 1 saturated heterocycles. The first-order valence-corrected chi connectivity index (χ1v) is 11.3. The van der Waals surface area contributed by atoms with E-state index in [1.54, 1.807) is 0 Å². The lowest BCUT2D eigenvalue weighted by Crippen LogP contribution is -2.45. The van der Waals surface area contributed by atoms with Crippen LogP contribution >= 0.6 is 0 Å². The molecule has 0 aromatic heterocycles. The summed E-state index contributed by atoms with van der Waals surface area (Å²) in [5, 5.41) is 5.28. The minimum atomic E-state index is -3.79. The molecule has 1 aromatic carbocycles. The monoisotopic (exact) mass is 425 g/mol. The molecule has 1 fully saturated rings. The molecule has 162 valence electrons. The van der Waals surface area contributed by atoms with Crippen LogP contribution in [0.25, 0.3) is 0 Å². The Morgan fingerprint density at radius 2 is 1.72 bits per heavy atom. The maximum Gasteiger partial charge on any atom is 0.251 e. The fourth-order valence-electron chi connectivity index (χ4n) is 3.17. The molecular weight excluding hydrogens is 394 g/mol. The van der Waals surface area contributed by atoms with Crippen molar-refractivity contribution < 1.29 is 22.7 Å². The first-order valence-electron chi connectivity index (χ1n) is 9.82. The fourth-order valence-corrected chi connectivity index (χ4v) is 4.86. The van der Waals surface area contributed by atoms with E-state index in [1.165, 1.54) is 29.6 Å². The highest BCUT2D eigenvalue weighted by molar-refractivity contribution is 7.89. The second-order valence-electron chi connectivity index (χ2n) is 8.16. The van der Waals surface area contributed by atoms with Crippen molar-refractivity contribution in [2.75, 3.05) is 26.7 Å². The number of amides is 2. The maximum absolute atomic E-state index is 13.2. The highest BCUT2D eigenvalue weighted by Crippen LogP contribution is 2.29. The molecule has 0 unspecified atom stereocenters. The Morgan fingerprint density at radius 3 is 2.28 bits per heavy atom. The van der Waals surface area contributed by atoms with E-state index in [1.807, 2.05) is 20.8 Å². The van der Waals surface area contributed by atoms with Gasteiger partial charge in [-0.1, -0.05) is 12.8 Å². The standard InChI is InChI=1S/C20H31N3O5S/c1-20(2,3)22-18(24)14-21-19(25)15-9-10-16(28-4)17(13-15)29(26,27)23-11-7-5-6-8-12-23/h9-10,13H,5-8,11-12,14H2,1-4H3,(H,21,25)(H,22,24). The molecule has 29 heavy (non-hydrogen) atoms. The van der Waals surface area contributed by atoms with Gasteiger partial charge >= 0.3 is 0 Å². The van der Waals surface area contributed by atoms with Crippen LogP contribution in [0.3, 0.4) is 0 Å². The minimum Gasteiger partial charge on any atom is -0.495 e. The molecule has 2 N–H and O–H groups in total. The highest BCUT2D eigenvalue weighted by Gasteiger charge is 2.29. The lowest BCUT2D eigenvalue weighted by molar-refractivity contribution is -0.121. The van der Waals surface area contributed by atoms with Crippen molar-refractivity contribution in [2.45, 2.75) is 56.9 Å². The van der Waals surface area contributed by atoms with Crippen molar-refractivity contribution in [3.8, 4) is 5.75 Å². The van der Waals surface area contributed by atoms with Crippen molar-refractivity contribution in [1.82, 2.24) is 14.9 Å². The quantitative estimate of drug-likeness (QED) is 0.724. The van der Waals surface area contributed by atoms with Crippen LogP contribution in [0.4, 0.5) is 0 Å². The van der Waals surface area contributed by atoms with E-state index >= 15 is 0 Å². The maximum atomic E-state index is 13.2. The molecule has 1 aliphatic rings. The second-order valence-corrected chi connectivity index (χ2v) is 10.1. The molecule has 0 bridgehead atoms. The average molecular weight is 426 g/mol. The molecule has 0 saturated carbocycles. The molecule has 1 aromatic rings. The fraction of sp³-hybridized carbons (Fsp3) is 0.600. The summed E-state index contributed by atoms with van der Waals surface area (Å²) < 4.78 is 33.0. The first-order chi connectivity index (χ1) is 13.5. The molecule has 8 nitrogen and oxygen atoms in total. The van der Waals surface area contributed by atoms with Crippen molar-refractivity contribution in [3.05, 3.63) is 23.8 Å². The predicted octanol–water partition coefficient (Wildman–Crippen LogP) is 1.90. The van der Waals surface area contributed by atoms with Crippen molar-refractivity contribution >= 4 is 21.8 Å². The largest absolute Gasteiger partial charge is 0.495 e. The van der Waals surface area contributed by atoms with Crippen LogP contribution in [0.1, 0.15) is 56.8 Å². The van der Waals surface area contributed by atoms with E-state index in [0.29, 0.717) is 13.1 Å². The number of methoxy groups -OCH3 is 1. The van der Waals surface area contributed by atoms with Gasteiger partial charge in [-0.25, -0.2) is 8.42 Å². The Balaban J connectivity index is 2.21. The van der Waals surface area contributed by atoms with Crippen LogP contribution in [0.15, 0.2) is 23.1 Å². The molecule has 0 atom stereocenters. The van der Waals surface area contributed by atoms with Crippen LogP contribution in [0.2, 0.25) is 0 Å². The topological polar surface area (TPSA) is 105 Å². The summed E-state index contributed by atoms with van der Waals surface area (Å²) in [4.78, 5) is 24.4. The second kappa shape index (κ2) is 9.58. The number of carbonyl (C=O) groups excluding carboxylic acids is 2. The Hall–Kier alpha value is -2.13. The number of benzene rings is 1. The van der Waals surface area contributed by atoms with Crippen LogP contribution in [-0.4, -0.2) is 56.8 Å². The van der Waals surface area contributed by atoms with Gasteiger partial charge in [0.2, 0.25) is 15.9 Å². The van der Waals surface area contributed by atoms with Gasteiger partial charge in [-0.3, -0.25) is 9.59 Å². The predicted molar refractivity (Wildman–Crippen MR) is 110 cm³/mol. The molecular formula is C20H31N3O5S. The molecule has 1 heterocycles. The Labute approximate surface area is 173 Å². The lowest BCUT2D eigenvalue weighted by atomic mass is 10.1. The normalized spacial score (nSPS) is 16.0. The van der Waals surface area contributed by atoms with E-state index in [9.17, 15) is 18.0 Å². The minimum absolute atomic E-state index is 0.0336. The van der Waals surface area contributed by atoms with Crippen LogP contribution < -0.4 is 15.4 Å². The molecule has 2 rings (SSSR count). The number of ether oxygens (including phenoxy) is 1. The van der Waals surface area contributed by atoms with Gasteiger partial charge in [0.25, 0.3) is 5.91 Å². The zero-order valence-corrected chi connectivity index (χ0v) is 18.4. The summed E-state index contributed by atoms with van der Waals surface area (Å²) in [6.07, 6.45) is 3.62. The number of hydrogen-bond donors (Lipinski definition) is 2. The first kappa shape index (κ1) is 23.2. The van der Waals surface area contributed by atoms with Gasteiger partial charge < -0.3 is 15.4 Å². The Kier molecular flexibility index (Phi) is 7.65. The van der Waals surface area contributed by atoms with E-state index < -0.39 is 21.5 Å². The van der Waals surface area contributed by atoms with Gasteiger partial charge in [0.15, 0.2) is 0 Å². The summed E-state index contributed by atoms with van der Waals surface area (Å²) >= 11 is 0. The van der Waals surface area contributed by atoms with E-state index in [-0.39, 0.29) is 28.7 Å². The summed E-state index contributed by atoms with van der Waals surface area (Å²) in [5.74, 6) is -0.655. The summed E-state index contributed by atoms with van der Waals surface area (Å²) in [6.45, 7) is 6.24. The third-order valence-corrected chi connectivity index (χ3v) is 6.45. The van der Waals surface area contributed by atoms with E-state index in [4.69, 9.17) is 4.74 Å². The average Bonchev–Trinajstić information content (AvgIpc) is 2.94. The van der Waals surface area contributed by atoms with E-state index in [2.05, 4.69) is 10.6 Å². The van der Waals surface area contributed by atoms with Gasteiger partial charge in [0.05, 0.1) is 13.7 Å².